The van der Waals surface area contributed by atoms with Crippen LogP contribution in [0.3, 0.4) is 0 Å². The SMILES string of the molecule is COc1ccc(NC(N)=NCCCOc2ccc(C)cc2)cc1OC.I. The van der Waals surface area contributed by atoms with Crippen LogP contribution in [-0.2, 0) is 0 Å². The number of rotatable bonds is 8. The van der Waals surface area contributed by atoms with Gasteiger partial charge in [-0.15, -0.1) is 24.0 Å². The molecule has 0 spiro atoms. The number of ether oxygens (including phenoxy) is 3. The smallest absolute Gasteiger partial charge is 0.193 e. The van der Waals surface area contributed by atoms with Gasteiger partial charge in [0.1, 0.15) is 5.75 Å². The molecule has 0 aliphatic rings. The fourth-order valence-corrected chi connectivity index (χ4v) is 2.19. The number of hydrogen-bond donors (Lipinski definition) is 2. The predicted molar refractivity (Wildman–Crippen MR) is 116 cm³/mol. The molecule has 2 rings (SSSR count). The zero-order valence-electron chi connectivity index (χ0n) is 15.3. The molecule has 0 aliphatic carbocycles. The molecule has 0 heterocycles. The Morgan fingerprint density at radius 3 is 2.38 bits per heavy atom. The van der Waals surface area contributed by atoms with Crippen LogP contribution < -0.4 is 25.3 Å². The Labute approximate surface area is 171 Å². The highest BCUT2D eigenvalue weighted by atomic mass is 127. The van der Waals surface area contributed by atoms with Crippen LogP contribution in [0.4, 0.5) is 5.69 Å². The molecule has 0 aromatic heterocycles. The van der Waals surface area contributed by atoms with Gasteiger partial charge in [-0.1, -0.05) is 17.7 Å². The molecule has 0 bridgehead atoms. The van der Waals surface area contributed by atoms with E-state index in [9.17, 15) is 0 Å². The maximum absolute atomic E-state index is 5.90. The van der Waals surface area contributed by atoms with Gasteiger partial charge in [0, 0.05) is 24.7 Å². The summed E-state index contributed by atoms with van der Waals surface area (Å²) in [5.41, 5.74) is 7.90. The first-order valence-corrected chi connectivity index (χ1v) is 8.11. The largest absolute Gasteiger partial charge is 0.494 e. The lowest BCUT2D eigenvalue weighted by Crippen LogP contribution is -2.23. The summed E-state index contributed by atoms with van der Waals surface area (Å²) >= 11 is 0. The minimum absolute atomic E-state index is 0. The molecule has 0 aliphatic heterocycles. The van der Waals surface area contributed by atoms with E-state index < -0.39 is 0 Å². The average Bonchev–Trinajstić information content (AvgIpc) is 2.62. The van der Waals surface area contributed by atoms with Crippen LogP contribution in [0.1, 0.15) is 12.0 Å². The molecule has 2 aromatic rings. The van der Waals surface area contributed by atoms with Gasteiger partial charge in [-0.05, 0) is 31.2 Å². The van der Waals surface area contributed by atoms with Crippen molar-refractivity contribution in [1.82, 2.24) is 0 Å². The number of aryl methyl sites for hydroxylation is 1. The fourth-order valence-electron chi connectivity index (χ4n) is 2.19. The number of guanidine groups is 1. The van der Waals surface area contributed by atoms with Crippen molar-refractivity contribution in [2.75, 3.05) is 32.7 Å². The molecular weight excluding hydrogens is 445 g/mol. The van der Waals surface area contributed by atoms with E-state index in [0.29, 0.717) is 30.6 Å². The first-order chi connectivity index (χ1) is 12.1. The third-order valence-corrected chi connectivity index (χ3v) is 3.53. The van der Waals surface area contributed by atoms with Crippen molar-refractivity contribution in [2.45, 2.75) is 13.3 Å². The van der Waals surface area contributed by atoms with Crippen molar-refractivity contribution in [3.8, 4) is 17.2 Å². The van der Waals surface area contributed by atoms with Crippen molar-refractivity contribution in [3.63, 3.8) is 0 Å². The topological polar surface area (TPSA) is 78.1 Å². The first kappa shape index (κ1) is 21.9. The number of halogens is 1. The molecule has 0 radical (unpaired) electrons. The van der Waals surface area contributed by atoms with Crippen molar-refractivity contribution in [1.29, 1.82) is 0 Å². The van der Waals surface area contributed by atoms with E-state index >= 15 is 0 Å². The lowest BCUT2D eigenvalue weighted by atomic mass is 10.2. The summed E-state index contributed by atoms with van der Waals surface area (Å²) in [4.78, 5) is 4.29. The summed E-state index contributed by atoms with van der Waals surface area (Å²) < 4.78 is 16.1. The Hall–Kier alpha value is -2.16. The molecule has 2 aromatic carbocycles. The molecule has 0 saturated carbocycles. The third kappa shape index (κ3) is 6.99. The maximum Gasteiger partial charge on any atom is 0.193 e. The second kappa shape index (κ2) is 11.5. The van der Waals surface area contributed by atoms with Gasteiger partial charge in [0.25, 0.3) is 0 Å². The van der Waals surface area contributed by atoms with Crippen molar-refractivity contribution in [3.05, 3.63) is 48.0 Å². The van der Waals surface area contributed by atoms with Crippen LogP contribution in [0.15, 0.2) is 47.5 Å². The zero-order valence-corrected chi connectivity index (χ0v) is 17.7. The van der Waals surface area contributed by atoms with Crippen LogP contribution >= 0.6 is 24.0 Å². The number of aliphatic imine (C=N–C) groups is 1. The highest BCUT2D eigenvalue weighted by Crippen LogP contribution is 2.29. The summed E-state index contributed by atoms with van der Waals surface area (Å²) in [5.74, 6) is 2.51. The van der Waals surface area contributed by atoms with Gasteiger partial charge >= 0.3 is 0 Å². The number of anilines is 1. The first-order valence-electron chi connectivity index (χ1n) is 8.11. The molecule has 0 atom stereocenters. The van der Waals surface area contributed by atoms with Gasteiger partial charge in [0.05, 0.1) is 20.8 Å². The van der Waals surface area contributed by atoms with E-state index in [-0.39, 0.29) is 24.0 Å². The Kier molecular flexibility index (Phi) is 9.64. The number of hydrogen-bond acceptors (Lipinski definition) is 4. The van der Waals surface area contributed by atoms with Gasteiger partial charge in [-0.2, -0.15) is 0 Å². The molecule has 142 valence electrons. The maximum atomic E-state index is 5.90. The predicted octanol–water partition coefficient (Wildman–Crippen LogP) is 3.83. The molecule has 7 heteroatoms. The van der Waals surface area contributed by atoms with Crippen LogP contribution in [0, 0.1) is 6.92 Å². The zero-order chi connectivity index (χ0) is 18.1. The Balaban J connectivity index is 0.00000338. The van der Waals surface area contributed by atoms with Crippen LogP contribution in [-0.4, -0.2) is 33.3 Å². The minimum Gasteiger partial charge on any atom is -0.494 e. The second-order valence-electron chi connectivity index (χ2n) is 5.48. The number of benzene rings is 2. The van der Waals surface area contributed by atoms with E-state index in [4.69, 9.17) is 19.9 Å². The Bertz CT molecular complexity index is 706. The van der Waals surface area contributed by atoms with E-state index in [2.05, 4.69) is 10.3 Å². The van der Waals surface area contributed by atoms with Crippen LogP contribution in [0.5, 0.6) is 17.2 Å². The summed E-state index contributed by atoms with van der Waals surface area (Å²) in [5, 5.41) is 3.03. The van der Waals surface area contributed by atoms with Gasteiger partial charge in [-0.25, -0.2) is 0 Å². The summed E-state index contributed by atoms with van der Waals surface area (Å²) in [6.45, 7) is 3.22. The molecule has 3 N–H and O–H groups in total. The van der Waals surface area contributed by atoms with E-state index in [1.54, 1.807) is 14.2 Å². The number of nitrogens with two attached hydrogens (primary N) is 1. The van der Waals surface area contributed by atoms with Crippen LogP contribution in [0.25, 0.3) is 0 Å². The standard InChI is InChI=1S/C19H25N3O3.HI/c1-14-5-8-16(9-6-14)25-12-4-11-21-19(20)22-15-7-10-17(23-2)18(13-15)24-3;/h5-10,13H,4,11-12H2,1-3H3,(H3,20,21,22);1H. The number of methoxy groups -OCH3 is 2. The minimum atomic E-state index is 0. The second-order valence-corrected chi connectivity index (χ2v) is 5.48. The lowest BCUT2D eigenvalue weighted by Gasteiger charge is -2.11. The summed E-state index contributed by atoms with van der Waals surface area (Å²) in [6, 6.07) is 13.4. The van der Waals surface area contributed by atoms with E-state index in [1.807, 2.05) is 49.4 Å². The quantitative estimate of drug-likeness (QED) is 0.265. The molecule has 0 amide bonds. The van der Waals surface area contributed by atoms with Crippen LogP contribution in [0.2, 0.25) is 0 Å². The van der Waals surface area contributed by atoms with Gasteiger partial charge in [0.15, 0.2) is 17.5 Å². The molecule has 6 nitrogen and oxygen atoms in total. The third-order valence-electron chi connectivity index (χ3n) is 3.53. The molecule has 0 unspecified atom stereocenters. The van der Waals surface area contributed by atoms with Crippen molar-refractivity contribution < 1.29 is 14.2 Å². The fraction of sp³-hybridized carbons (Fsp3) is 0.316. The van der Waals surface area contributed by atoms with E-state index in [0.717, 1.165) is 17.9 Å². The number of nitrogens with one attached hydrogen (secondary N) is 1. The molecule has 0 saturated heterocycles. The van der Waals surface area contributed by atoms with E-state index in [1.165, 1.54) is 5.56 Å². The monoisotopic (exact) mass is 471 g/mol. The molecule has 0 fully saturated rings. The van der Waals surface area contributed by atoms with Crippen molar-refractivity contribution in [2.24, 2.45) is 10.7 Å². The Morgan fingerprint density at radius 2 is 1.73 bits per heavy atom. The van der Waals surface area contributed by atoms with Crippen molar-refractivity contribution >= 4 is 35.6 Å². The highest BCUT2D eigenvalue weighted by molar-refractivity contribution is 14.0. The highest BCUT2D eigenvalue weighted by Gasteiger charge is 2.05. The Morgan fingerprint density at radius 1 is 1.04 bits per heavy atom. The number of nitrogens with zero attached hydrogens (tertiary/aromatic N) is 1. The lowest BCUT2D eigenvalue weighted by molar-refractivity contribution is 0.313. The summed E-state index contributed by atoms with van der Waals surface area (Å²) in [7, 11) is 3.19. The normalized spacial score (nSPS) is 10.7. The average molecular weight is 471 g/mol. The van der Waals surface area contributed by atoms with Gasteiger partial charge in [0.2, 0.25) is 0 Å². The summed E-state index contributed by atoms with van der Waals surface area (Å²) in [6.07, 6.45) is 0.780. The van der Waals surface area contributed by atoms with Gasteiger partial charge < -0.3 is 25.3 Å². The molecule has 26 heavy (non-hydrogen) atoms. The molecular formula is C19H26IN3O3. The van der Waals surface area contributed by atoms with Gasteiger partial charge in [-0.3, -0.25) is 4.99 Å².